The van der Waals surface area contributed by atoms with E-state index in [0.29, 0.717) is 5.56 Å². The molecular formula is C12H15FN4O2S. The highest BCUT2D eigenvalue weighted by atomic mass is 32.2. The fourth-order valence-electron chi connectivity index (χ4n) is 1.79. The monoisotopic (exact) mass is 298 g/mol. The summed E-state index contributed by atoms with van der Waals surface area (Å²) in [4.78, 5) is 0. The van der Waals surface area contributed by atoms with Gasteiger partial charge in [-0.1, -0.05) is 12.1 Å². The Morgan fingerprint density at radius 1 is 1.30 bits per heavy atom. The largest absolute Gasteiger partial charge is 0.306 e. The molecule has 0 amide bonds. The first-order valence-electron chi connectivity index (χ1n) is 5.91. The molecule has 20 heavy (non-hydrogen) atoms. The predicted molar refractivity (Wildman–Crippen MR) is 70.8 cm³/mol. The van der Waals surface area contributed by atoms with Crippen molar-refractivity contribution in [3.8, 4) is 0 Å². The molecule has 0 saturated heterocycles. The first kappa shape index (κ1) is 14.6. The Bertz CT molecular complexity index is 697. The molecule has 0 aliphatic rings. The molecule has 0 N–H and O–H groups in total. The number of rotatable bonds is 4. The van der Waals surface area contributed by atoms with Crippen molar-refractivity contribution in [3.63, 3.8) is 0 Å². The number of hydrogen-bond acceptors (Lipinski definition) is 4. The van der Waals surface area contributed by atoms with Gasteiger partial charge in [0.2, 0.25) is 0 Å². The summed E-state index contributed by atoms with van der Waals surface area (Å²) < 4.78 is 40.3. The van der Waals surface area contributed by atoms with E-state index in [1.54, 1.807) is 26.1 Å². The maximum absolute atomic E-state index is 12.9. The first-order chi connectivity index (χ1) is 9.34. The number of sulfonamides is 1. The van der Waals surface area contributed by atoms with Gasteiger partial charge in [-0.3, -0.25) is 0 Å². The van der Waals surface area contributed by atoms with E-state index in [4.69, 9.17) is 0 Å². The number of benzene rings is 1. The third-order valence-electron chi connectivity index (χ3n) is 3.18. The highest BCUT2D eigenvalue weighted by Gasteiger charge is 2.30. The third kappa shape index (κ3) is 2.56. The minimum absolute atomic E-state index is 0.131. The van der Waals surface area contributed by atoms with E-state index in [0.717, 1.165) is 0 Å². The Morgan fingerprint density at radius 2 is 1.90 bits per heavy atom. The van der Waals surface area contributed by atoms with E-state index in [-0.39, 0.29) is 11.0 Å². The minimum Gasteiger partial charge on any atom is -0.306 e. The van der Waals surface area contributed by atoms with Gasteiger partial charge in [0.15, 0.2) is 0 Å². The maximum atomic E-state index is 12.9. The van der Waals surface area contributed by atoms with E-state index in [1.807, 2.05) is 0 Å². The molecule has 2 aromatic rings. The third-order valence-corrected chi connectivity index (χ3v) is 5.08. The van der Waals surface area contributed by atoms with Gasteiger partial charge in [-0.25, -0.2) is 12.8 Å². The van der Waals surface area contributed by atoms with Crippen LogP contribution in [0.5, 0.6) is 0 Å². The lowest BCUT2D eigenvalue weighted by molar-refractivity contribution is 0.391. The van der Waals surface area contributed by atoms with Crippen molar-refractivity contribution >= 4 is 10.0 Å². The van der Waals surface area contributed by atoms with E-state index in [9.17, 15) is 12.8 Å². The van der Waals surface area contributed by atoms with E-state index in [1.165, 1.54) is 34.4 Å². The summed E-state index contributed by atoms with van der Waals surface area (Å²) >= 11 is 0. The summed E-state index contributed by atoms with van der Waals surface area (Å²) in [5.41, 5.74) is 0.694. The predicted octanol–water partition coefficient (Wildman–Crippen LogP) is 1.34. The molecule has 1 unspecified atom stereocenters. The molecule has 1 atom stereocenters. The van der Waals surface area contributed by atoms with E-state index < -0.39 is 16.1 Å². The summed E-state index contributed by atoms with van der Waals surface area (Å²) in [6.45, 7) is 1.72. The number of aryl methyl sites for hydroxylation is 1. The number of halogens is 1. The van der Waals surface area contributed by atoms with Crippen LogP contribution in [0.2, 0.25) is 0 Å². The second kappa shape index (κ2) is 5.29. The number of nitrogens with zero attached hydrogens (tertiary/aromatic N) is 4. The van der Waals surface area contributed by atoms with Gasteiger partial charge < -0.3 is 4.57 Å². The van der Waals surface area contributed by atoms with Gasteiger partial charge >= 0.3 is 0 Å². The second-order valence-corrected chi connectivity index (χ2v) is 6.36. The molecule has 0 fully saturated rings. The van der Waals surface area contributed by atoms with Gasteiger partial charge in [0.1, 0.15) is 12.1 Å². The molecule has 0 spiro atoms. The van der Waals surface area contributed by atoms with Crippen LogP contribution < -0.4 is 0 Å². The van der Waals surface area contributed by atoms with Crippen molar-refractivity contribution in [3.05, 3.63) is 42.0 Å². The van der Waals surface area contributed by atoms with Crippen LogP contribution in [-0.2, 0) is 17.1 Å². The van der Waals surface area contributed by atoms with Gasteiger partial charge in [0, 0.05) is 20.1 Å². The van der Waals surface area contributed by atoms with Crippen molar-refractivity contribution in [1.29, 1.82) is 0 Å². The fraction of sp³-hybridized carbons (Fsp3) is 0.333. The summed E-state index contributed by atoms with van der Waals surface area (Å²) in [6, 6.07) is 5.27. The van der Waals surface area contributed by atoms with Gasteiger partial charge in [0.05, 0.1) is 0 Å². The van der Waals surface area contributed by atoms with Crippen LogP contribution in [0, 0.1) is 5.82 Å². The second-order valence-electron chi connectivity index (χ2n) is 4.47. The molecule has 6 nitrogen and oxygen atoms in total. The summed E-state index contributed by atoms with van der Waals surface area (Å²) in [7, 11) is -0.740. The van der Waals surface area contributed by atoms with Crippen LogP contribution >= 0.6 is 0 Å². The summed E-state index contributed by atoms with van der Waals surface area (Å²) in [5.74, 6) is -0.361. The van der Waals surface area contributed by atoms with Crippen molar-refractivity contribution in [2.24, 2.45) is 7.05 Å². The highest BCUT2D eigenvalue weighted by Crippen LogP contribution is 2.24. The SMILES string of the molecule is CC(c1ccc(F)cc1)N(C)S(=O)(=O)c1nncn1C. The van der Waals surface area contributed by atoms with Crippen molar-refractivity contribution in [1.82, 2.24) is 19.1 Å². The molecule has 108 valence electrons. The molecule has 0 aliphatic heterocycles. The molecule has 0 radical (unpaired) electrons. The average molecular weight is 298 g/mol. The van der Waals surface area contributed by atoms with Crippen LogP contribution in [0.3, 0.4) is 0 Å². The Hall–Kier alpha value is -1.80. The Kier molecular flexibility index (Phi) is 3.87. The van der Waals surface area contributed by atoms with E-state index >= 15 is 0 Å². The molecule has 1 aromatic carbocycles. The Morgan fingerprint density at radius 3 is 2.40 bits per heavy atom. The van der Waals surface area contributed by atoms with Crippen LogP contribution in [0.15, 0.2) is 35.7 Å². The summed E-state index contributed by atoms with van der Waals surface area (Å²) in [6.07, 6.45) is 1.32. The molecule has 8 heteroatoms. The standard InChI is InChI=1S/C12H15FN4O2S/c1-9(10-4-6-11(13)7-5-10)17(3)20(18,19)12-15-14-8-16(12)2/h4-9H,1-3H3. The zero-order valence-corrected chi connectivity index (χ0v) is 12.2. The van der Waals surface area contributed by atoms with Crippen LogP contribution in [0.25, 0.3) is 0 Å². The normalized spacial score (nSPS) is 13.7. The lowest BCUT2D eigenvalue weighted by Crippen LogP contribution is -2.31. The van der Waals surface area contributed by atoms with Crippen molar-refractivity contribution < 1.29 is 12.8 Å². The number of hydrogen-bond donors (Lipinski definition) is 0. The minimum atomic E-state index is -3.75. The number of aromatic nitrogens is 3. The zero-order chi connectivity index (χ0) is 14.9. The maximum Gasteiger partial charge on any atom is 0.279 e. The van der Waals surface area contributed by atoms with E-state index in [2.05, 4.69) is 10.2 Å². The molecule has 0 aliphatic carbocycles. The smallest absolute Gasteiger partial charge is 0.279 e. The van der Waals surface area contributed by atoms with Gasteiger partial charge in [-0.15, -0.1) is 10.2 Å². The molecule has 1 heterocycles. The van der Waals surface area contributed by atoms with Crippen LogP contribution in [0.4, 0.5) is 4.39 Å². The van der Waals surface area contributed by atoms with Crippen LogP contribution in [0.1, 0.15) is 18.5 Å². The Balaban J connectivity index is 2.33. The van der Waals surface area contributed by atoms with Gasteiger partial charge in [0.25, 0.3) is 15.2 Å². The van der Waals surface area contributed by atoms with Crippen LogP contribution in [-0.4, -0.2) is 34.5 Å². The molecule has 1 aromatic heterocycles. The average Bonchev–Trinajstić information content (AvgIpc) is 2.85. The lowest BCUT2D eigenvalue weighted by Gasteiger charge is -2.23. The fourth-order valence-corrected chi connectivity index (χ4v) is 3.15. The zero-order valence-electron chi connectivity index (χ0n) is 11.4. The van der Waals surface area contributed by atoms with Gasteiger partial charge in [-0.05, 0) is 24.6 Å². The summed E-state index contributed by atoms with van der Waals surface area (Å²) in [5, 5.41) is 7.06. The van der Waals surface area contributed by atoms with Crippen molar-refractivity contribution in [2.75, 3.05) is 7.05 Å². The topological polar surface area (TPSA) is 68.1 Å². The Labute approximate surface area is 116 Å². The molecule has 0 bridgehead atoms. The first-order valence-corrected chi connectivity index (χ1v) is 7.35. The lowest BCUT2D eigenvalue weighted by atomic mass is 10.1. The van der Waals surface area contributed by atoms with Crippen molar-refractivity contribution in [2.45, 2.75) is 18.1 Å². The molecular weight excluding hydrogens is 283 g/mol. The highest BCUT2D eigenvalue weighted by molar-refractivity contribution is 7.88. The molecule has 2 rings (SSSR count). The molecule has 0 saturated carbocycles. The van der Waals surface area contributed by atoms with Gasteiger partial charge in [-0.2, -0.15) is 4.31 Å². The quantitative estimate of drug-likeness (QED) is 0.854.